The maximum atomic E-state index is 12.6. The summed E-state index contributed by atoms with van der Waals surface area (Å²) in [5, 5.41) is 6.13. The van der Waals surface area contributed by atoms with Gasteiger partial charge in [-0.05, 0) is 29.7 Å². The highest BCUT2D eigenvalue weighted by Gasteiger charge is 2.14. The number of rotatable bonds is 9. The number of nitrogens with one attached hydrogen (secondary N) is 2. The number of aromatic nitrogens is 2. The molecule has 0 radical (unpaired) electrons. The molecule has 7 nitrogen and oxygen atoms in total. The van der Waals surface area contributed by atoms with Crippen LogP contribution in [0.4, 0.5) is 5.95 Å². The lowest BCUT2D eigenvalue weighted by atomic mass is 10.1. The van der Waals surface area contributed by atoms with E-state index in [4.69, 9.17) is 21.1 Å². The molecule has 156 valence electrons. The van der Waals surface area contributed by atoms with E-state index in [-0.39, 0.29) is 23.2 Å². The second kappa shape index (κ2) is 10.5. The zero-order valence-electron chi connectivity index (χ0n) is 16.8. The number of ether oxygens (including phenoxy) is 2. The maximum Gasteiger partial charge on any atom is 0.271 e. The number of carbonyl (C=O) groups is 1. The predicted octanol–water partition coefficient (Wildman–Crippen LogP) is 3.73. The number of hydrogen-bond acceptors (Lipinski definition) is 6. The molecule has 1 aromatic heterocycles. The molecule has 3 rings (SSSR count). The number of carbonyl (C=O) groups excluding carboxylic acids is 1. The topological polar surface area (TPSA) is 85.4 Å². The van der Waals surface area contributed by atoms with Crippen LogP contribution in [0, 0.1) is 0 Å². The Morgan fingerprint density at radius 1 is 1.03 bits per heavy atom. The Bertz CT molecular complexity index is 999. The highest BCUT2D eigenvalue weighted by atomic mass is 35.5. The average Bonchev–Trinajstić information content (AvgIpc) is 2.79. The van der Waals surface area contributed by atoms with E-state index in [2.05, 4.69) is 32.7 Å². The number of amides is 1. The van der Waals surface area contributed by atoms with Crippen LogP contribution in [-0.4, -0.2) is 36.6 Å². The summed E-state index contributed by atoms with van der Waals surface area (Å²) in [6.07, 6.45) is 2.23. The standard InChI is InChI=1S/C22H23ClN4O3/c1-29-18-9-8-16(12-19(18)30-2)13-25-21(28)20-17(23)14-26-22(27-20)24-11-10-15-6-4-3-5-7-15/h3-9,12,14H,10-11,13H2,1-2H3,(H,25,28)(H,24,26,27). The third kappa shape index (κ3) is 5.61. The Labute approximate surface area is 180 Å². The number of methoxy groups -OCH3 is 2. The van der Waals surface area contributed by atoms with Gasteiger partial charge in [-0.15, -0.1) is 0 Å². The molecule has 0 aliphatic rings. The molecule has 2 N–H and O–H groups in total. The molecule has 0 aliphatic heterocycles. The summed E-state index contributed by atoms with van der Waals surface area (Å²) in [7, 11) is 3.13. The molecule has 1 amide bonds. The summed E-state index contributed by atoms with van der Waals surface area (Å²) in [4.78, 5) is 21.0. The van der Waals surface area contributed by atoms with Crippen molar-refractivity contribution < 1.29 is 14.3 Å². The van der Waals surface area contributed by atoms with Crippen LogP contribution in [-0.2, 0) is 13.0 Å². The second-order valence-corrected chi connectivity index (χ2v) is 6.83. The molecule has 0 saturated carbocycles. The SMILES string of the molecule is COc1ccc(CNC(=O)c2nc(NCCc3ccccc3)ncc2Cl)cc1OC. The third-order valence-electron chi connectivity index (χ3n) is 4.40. The molecule has 2 aromatic carbocycles. The van der Waals surface area contributed by atoms with Gasteiger partial charge in [0.1, 0.15) is 0 Å². The Morgan fingerprint density at radius 3 is 2.53 bits per heavy atom. The van der Waals surface area contributed by atoms with Crippen LogP contribution in [0.3, 0.4) is 0 Å². The fourth-order valence-corrected chi connectivity index (χ4v) is 3.01. The van der Waals surface area contributed by atoms with Crippen molar-refractivity contribution in [3.05, 3.63) is 76.6 Å². The summed E-state index contributed by atoms with van der Waals surface area (Å²) in [6.45, 7) is 0.925. The van der Waals surface area contributed by atoms with Gasteiger partial charge in [-0.2, -0.15) is 0 Å². The molecule has 0 atom stereocenters. The third-order valence-corrected chi connectivity index (χ3v) is 4.68. The summed E-state index contributed by atoms with van der Waals surface area (Å²) < 4.78 is 10.5. The Kier molecular flexibility index (Phi) is 7.45. The molecule has 0 saturated heterocycles. The van der Waals surface area contributed by atoms with Crippen molar-refractivity contribution in [2.45, 2.75) is 13.0 Å². The highest BCUT2D eigenvalue weighted by Crippen LogP contribution is 2.27. The molecule has 1 heterocycles. The number of hydrogen-bond donors (Lipinski definition) is 2. The molecule has 30 heavy (non-hydrogen) atoms. The van der Waals surface area contributed by atoms with Crippen LogP contribution < -0.4 is 20.1 Å². The quantitative estimate of drug-likeness (QED) is 0.542. The predicted molar refractivity (Wildman–Crippen MR) is 116 cm³/mol. The van der Waals surface area contributed by atoms with E-state index in [9.17, 15) is 4.79 Å². The highest BCUT2D eigenvalue weighted by molar-refractivity contribution is 6.33. The van der Waals surface area contributed by atoms with E-state index >= 15 is 0 Å². The van der Waals surface area contributed by atoms with Gasteiger partial charge in [0.2, 0.25) is 5.95 Å². The first-order chi connectivity index (χ1) is 14.6. The first-order valence-electron chi connectivity index (χ1n) is 9.40. The van der Waals surface area contributed by atoms with E-state index in [0.717, 1.165) is 12.0 Å². The molecule has 3 aromatic rings. The molecule has 0 unspecified atom stereocenters. The van der Waals surface area contributed by atoms with Gasteiger partial charge in [0.05, 0.1) is 25.4 Å². The summed E-state index contributed by atoms with van der Waals surface area (Å²) in [6, 6.07) is 15.5. The van der Waals surface area contributed by atoms with E-state index < -0.39 is 0 Å². The van der Waals surface area contributed by atoms with Crippen LogP contribution in [0.5, 0.6) is 11.5 Å². The van der Waals surface area contributed by atoms with Crippen molar-refractivity contribution in [2.75, 3.05) is 26.1 Å². The molecular weight excluding hydrogens is 404 g/mol. The van der Waals surface area contributed by atoms with Crippen LogP contribution >= 0.6 is 11.6 Å². The second-order valence-electron chi connectivity index (χ2n) is 6.42. The number of halogens is 1. The Hall–Kier alpha value is -3.32. The van der Waals surface area contributed by atoms with Gasteiger partial charge in [0, 0.05) is 13.1 Å². The minimum Gasteiger partial charge on any atom is -0.493 e. The van der Waals surface area contributed by atoms with Gasteiger partial charge in [0.15, 0.2) is 17.2 Å². The van der Waals surface area contributed by atoms with Crippen molar-refractivity contribution >= 4 is 23.5 Å². The average molecular weight is 427 g/mol. The van der Waals surface area contributed by atoms with E-state index in [0.29, 0.717) is 24.0 Å². The molecule has 8 heteroatoms. The first-order valence-corrected chi connectivity index (χ1v) is 9.78. The van der Waals surface area contributed by atoms with E-state index in [1.54, 1.807) is 26.4 Å². The molecule has 0 spiro atoms. The largest absolute Gasteiger partial charge is 0.493 e. The zero-order valence-corrected chi connectivity index (χ0v) is 17.6. The first kappa shape index (κ1) is 21.4. The number of anilines is 1. The minimum atomic E-state index is -0.386. The van der Waals surface area contributed by atoms with Crippen molar-refractivity contribution in [3.8, 4) is 11.5 Å². The van der Waals surface area contributed by atoms with E-state index in [1.807, 2.05) is 24.3 Å². The summed E-state index contributed by atoms with van der Waals surface area (Å²) in [5.41, 5.74) is 2.17. The normalized spacial score (nSPS) is 10.4. The van der Waals surface area contributed by atoms with Gasteiger partial charge < -0.3 is 20.1 Å². The molecular formula is C22H23ClN4O3. The van der Waals surface area contributed by atoms with Gasteiger partial charge >= 0.3 is 0 Å². The summed E-state index contributed by atoms with van der Waals surface area (Å²) in [5.74, 6) is 1.18. The van der Waals surface area contributed by atoms with Crippen molar-refractivity contribution in [3.63, 3.8) is 0 Å². The lowest BCUT2D eigenvalue weighted by Gasteiger charge is -2.11. The lowest BCUT2D eigenvalue weighted by molar-refractivity contribution is 0.0946. The van der Waals surface area contributed by atoms with E-state index in [1.165, 1.54) is 11.8 Å². The van der Waals surface area contributed by atoms with Crippen LogP contribution in [0.25, 0.3) is 0 Å². The summed E-state index contributed by atoms with van der Waals surface area (Å²) >= 11 is 6.14. The fourth-order valence-electron chi connectivity index (χ4n) is 2.83. The number of benzene rings is 2. The van der Waals surface area contributed by atoms with Gasteiger partial charge in [-0.3, -0.25) is 4.79 Å². The number of nitrogens with zero attached hydrogens (tertiary/aromatic N) is 2. The van der Waals surface area contributed by atoms with Crippen LogP contribution in [0.1, 0.15) is 21.6 Å². The van der Waals surface area contributed by atoms with Crippen LogP contribution in [0.2, 0.25) is 5.02 Å². The Morgan fingerprint density at radius 2 is 1.80 bits per heavy atom. The van der Waals surface area contributed by atoms with Gasteiger partial charge in [0.25, 0.3) is 5.91 Å². The molecule has 0 aliphatic carbocycles. The minimum absolute atomic E-state index is 0.120. The smallest absolute Gasteiger partial charge is 0.271 e. The lowest BCUT2D eigenvalue weighted by Crippen LogP contribution is -2.25. The molecule has 0 fully saturated rings. The van der Waals surface area contributed by atoms with Crippen molar-refractivity contribution in [2.24, 2.45) is 0 Å². The fraction of sp³-hybridized carbons (Fsp3) is 0.227. The maximum absolute atomic E-state index is 12.6. The van der Waals surface area contributed by atoms with Crippen molar-refractivity contribution in [1.29, 1.82) is 0 Å². The Balaban J connectivity index is 1.60. The van der Waals surface area contributed by atoms with Gasteiger partial charge in [-0.1, -0.05) is 48.0 Å². The van der Waals surface area contributed by atoms with Crippen molar-refractivity contribution in [1.82, 2.24) is 15.3 Å². The van der Waals surface area contributed by atoms with Crippen LogP contribution in [0.15, 0.2) is 54.7 Å². The zero-order chi connectivity index (χ0) is 21.3. The van der Waals surface area contributed by atoms with Gasteiger partial charge in [-0.25, -0.2) is 9.97 Å². The molecule has 0 bridgehead atoms. The monoisotopic (exact) mass is 426 g/mol.